The van der Waals surface area contributed by atoms with Gasteiger partial charge in [-0.2, -0.15) is 0 Å². The molecule has 182 valence electrons. The van der Waals surface area contributed by atoms with Crippen LogP contribution in [0.15, 0.2) is 48.0 Å². The number of ether oxygens (including phenoxy) is 1. The van der Waals surface area contributed by atoms with Crippen LogP contribution in [0.2, 0.25) is 0 Å². The Balaban J connectivity index is 2.18. The highest BCUT2D eigenvalue weighted by Crippen LogP contribution is 2.41. The van der Waals surface area contributed by atoms with Gasteiger partial charge in [0.2, 0.25) is 0 Å². The Labute approximate surface area is 200 Å². The summed E-state index contributed by atoms with van der Waals surface area (Å²) in [6.45, 7) is 6.99. The van der Waals surface area contributed by atoms with Gasteiger partial charge in [-0.1, -0.05) is 39.0 Å². The number of amides is 1. The number of aliphatic hydroxyl groups excluding tert-OH is 1. The first kappa shape index (κ1) is 25.4. The first-order valence-corrected chi connectivity index (χ1v) is 11.3. The van der Waals surface area contributed by atoms with Crippen molar-refractivity contribution in [3.63, 3.8) is 0 Å². The molecule has 0 saturated carbocycles. The maximum Gasteiger partial charge on any atom is 0.295 e. The van der Waals surface area contributed by atoms with Gasteiger partial charge in [0, 0.05) is 23.2 Å². The molecule has 7 heteroatoms. The maximum atomic E-state index is 14.9. The number of Topliss-reactive ketones (excluding diaryl/α,β-unsaturated/α-hetero) is 1. The van der Waals surface area contributed by atoms with Crippen molar-refractivity contribution in [3.8, 4) is 5.75 Å². The van der Waals surface area contributed by atoms with Crippen LogP contribution < -0.4 is 4.74 Å². The number of benzene rings is 2. The number of hydrogen-bond donors (Lipinski definition) is 1. The first-order valence-electron chi connectivity index (χ1n) is 11.3. The van der Waals surface area contributed by atoms with Crippen molar-refractivity contribution in [2.75, 3.05) is 34.3 Å². The van der Waals surface area contributed by atoms with E-state index in [2.05, 4.69) is 0 Å². The molecule has 1 unspecified atom stereocenters. The van der Waals surface area contributed by atoms with Crippen molar-refractivity contribution in [3.05, 3.63) is 70.5 Å². The Kier molecular flexibility index (Phi) is 7.46. The van der Waals surface area contributed by atoms with Crippen molar-refractivity contribution in [2.24, 2.45) is 0 Å². The average molecular weight is 469 g/mol. The van der Waals surface area contributed by atoms with Crippen LogP contribution in [0.5, 0.6) is 5.75 Å². The van der Waals surface area contributed by atoms with Gasteiger partial charge in [0.15, 0.2) is 0 Å². The highest BCUT2D eigenvalue weighted by Gasteiger charge is 2.46. The van der Waals surface area contributed by atoms with E-state index in [9.17, 15) is 19.1 Å². The van der Waals surface area contributed by atoms with Crippen LogP contribution >= 0.6 is 0 Å². The normalized spacial score (nSPS) is 18.1. The van der Waals surface area contributed by atoms with E-state index < -0.39 is 23.5 Å². The fourth-order valence-corrected chi connectivity index (χ4v) is 4.29. The van der Waals surface area contributed by atoms with Crippen LogP contribution in [0.1, 0.15) is 49.9 Å². The third-order valence-electron chi connectivity index (χ3n) is 6.03. The minimum absolute atomic E-state index is 0.107. The van der Waals surface area contributed by atoms with Crippen molar-refractivity contribution >= 4 is 17.4 Å². The van der Waals surface area contributed by atoms with Crippen LogP contribution in [0, 0.1) is 5.82 Å². The Bertz CT molecular complexity index is 1120. The summed E-state index contributed by atoms with van der Waals surface area (Å²) in [6, 6.07) is 10.2. The Morgan fingerprint density at radius 1 is 1.15 bits per heavy atom. The SMILES string of the molecule is COc1ccc(/C(O)=C2\C(=O)C(=O)N(CCCN(C)C)C2c2ccccc2F)cc1C(C)(C)C. The molecule has 1 N–H and O–H groups in total. The van der Waals surface area contributed by atoms with Gasteiger partial charge in [-0.3, -0.25) is 9.59 Å². The molecule has 1 atom stereocenters. The van der Waals surface area contributed by atoms with Gasteiger partial charge in [-0.25, -0.2) is 4.39 Å². The summed E-state index contributed by atoms with van der Waals surface area (Å²) in [5.41, 5.74) is 0.980. The number of hydrogen-bond acceptors (Lipinski definition) is 5. The lowest BCUT2D eigenvalue weighted by Gasteiger charge is -2.26. The van der Waals surface area contributed by atoms with Crippen molar-refractivity contribution in [1.82, 2.24) is 9.80 Å². The second-order valence-corrected chi connectivity index (χ2v) is 9.84. The van der Waals surface area contributed by atoms with Crippen LogP contribution in [0.25, 0.3) is 5.76 Å². The quantitative estimate of drug-likeness (QED) is 0.368. The fraction of sp³-hybridized carbons (Fsp3) is 0.407. The molecule has 3 rings (SSSR count). The second-order valence-electron chi connectivity index (χ2n) is 9.84. The lowest BCUT2D eigenvalue weighted by atomic mass is 9.84. The lowest BCUT2D eigenvalue weighted by molar-refractivity contribution is -0.140. The van der Waals surface area contributed by atoms with E-state index >= 15 is 0 Å². The number of methoxy groups -OCH3 is 1. The third kappa shape index (κ3) is 4.99. The van der Waals surface area contributed by atoms with Gasteiger partial charge >= 0.3 is 0 Å². The largest absolute Gasteiger partial charge is 0.507 e. The standard InChI is InChI=1S/C27H33FN2O4/c1-27(2,3)19-16-17(12-13-21(19)34-6)24(31)22-23(18-10-7-8-11-20(18)28)30(26(33)25(22)32)15-9-14-29(4)5/h7-8,10-13,16,23,31H,9,14-15H2,1-6H3/b24-22+. The average Bonchev–Trinajstić information content (AvgIpc) is 3.02. The number of likely N-dealkylation sites (tertiary alicyclic amines) is 1. The summed E-state index contributed by atoms with van der Waals surface area (Å²) in [6.07, 6.45) is 0.599. The number of rotatable bonds is 7. The second kappa shape index (κ2) is 9.97. The molecule has 0 aromatic heterocycles. The number of aliphatic hydroxyl groups is 1. The summed E-state index contributed by atoms with van der Waals surface area (Å²) in [5.74, 6) is -1.77. The summed E-state index contributed by atoms with van der Waals surface area (Å²) in [4.78, 5) is 29.5. The van der Waals surface area contributed by atoms with Crippen LogP contribution in [0.4, 0.5) is 4.39 Å². The number of carbonyl (C=O) groups is 2. The van der Waals surface area contributed by atoms with Gasteiger partial charge in [0.05, 0.1) is 18.7 Å². The summed E-state index contributed by atoms with van der Waals surface area (Å²) in [5, 5.41) is 11.3. The van der Waals surface area contributed by atoms with Crippen LogP contribution in [-0.4, -0.2) is 60.9 Å². The third-order valence-corrected chi connectivity index (χ3v) is 6.03. The van der Waals surface area contributed by atoms with E-state index in [0.717, 1.165) is 5.56 Å². The molecule has 2 aromatic rings. The van der Waals surface area contributed by atoms with E-state index in [0.29, 0.717) is 24.3 Å². The van der Waals surface area contributed by atoms with Gasteiger partial charge in [-0.15, -0.1) is 0 Å². The fourth-order valence-electron chi connectivity index (χ4n) is 4.29. The summed E-state index contributed by atoms with van der Waals surface area (Å²) >= 11 is 0. The van der Waals surface area contributed by atoms with Gasteiger partial charge in [0.1, 0.15) is 17.3 Å². The molecule has 0 spiro atoms. The van der Waals surface area contributed by atoms with Crippen LogP contribution in [-0.2, 0) is 15.0 Å². The highest BCUT2D eigenvalue weighted by molar-refractivity contribution is 6.46. The zero-order valence-electron chi connectivity index (χ0n) is 20.7. The number of carbonyl (C=O) groups excluding carboxylic acids is 2. The van der Waals surface area contributed by atoms with E-state index in [1.165, 1.54) is 11.0 Å². The van der Waals surface area contributed by atoms with Crippen LogP contribution in [0.3, 0.4) is 0 Å². The summed E-state index contributed by atoms with van der Waals surface area (Å²) < 4.78 is 20.4. The molecule has 1 saturated heterocycles. The minimum Gasteiger partial charge on any atom is -0.507 e. The molecule has 1 aliphatic heterocycles. The molecular formula is C27H33FN2O4. The Morgan fingerprint density at radius 2 is 1.82 bits per heavy atom. The molecule has 1 fully saturated rings. The topological polar surface area (TPSA) is 70.1 Å². The number of halogens is 1. The number of ketones is 1. The molecular weight excluding hydrogens is 435 g/mol. The van der Waals surface area contributed by atoms with E-state index in [-0.39, 0.29) is 28.9 Å². The molecule has 1 aliphatic rings. The minimum atomic E-state index is -1.01. The molecule has 34 heavy (non-hydrogen) atoms. The van der Waals surface area contributed by atoms with Gasteiger partial charge in [-0.05, 0) is 56.7 Å². The predicted molar refractivity (Wildman–Crippen MR) is 130 cm³/mol. The molecule has 2 aromatic carbocycles. The Hall–Kier alpha value is -3.19. The van der Waals surface area contributed by atoms with E-state index in [4.69, 9.17) is 4.74 Å². The zero-order chi connectivity index (χ0) is 25.2. The molecule has 6 nitrogen and oxygen atoms in total. The molecule has 0 bridgehead atoms. The van der Waals surface area contributed by atoms with E-state index in [1.54, 1.807) is 43.5 Å². The monoisotopic (exact) mass is 468 g/mol. The molecule has 0 aliphatic carbocycles. The lowest BCUT2D eigenvalue weighted by Crippen LogP contribution is -2.32. The van der Waals surface area contributed by atoms with E-state index in [1.807, 2.05) is 39.8 Å². The molecule has 1 amide bonds. The van der Waals surface area contributed by atoms with Gasteiger partial charge in [0.25, 0.3) is 11.7 Å². The van der Waals surface area contributed by atoms with Gasteiger partial charge < -0.3 is 19.6 Å². The maximum absolute atomic E-state index is 14.9. The molecule has 1 heterocycles. The first-order chi connectivity index (χ1) is 16.0. The zero-order valence-corrected chi connectivity index (χ0v) is 20.7. The Morgan fingerprint density at radius 3 is 2.41 bits per heavy atom. The van der Waals surface area contributed by atoms with Crippen molar-refractivity contribution < 1.29 is 23.8 Å². The number of nitrogens with zero attached hydrogens (tertiary/aromatic N) is 2. The van der Waals surface area contributed by atoms with Crippen molar-refractivity contribution in [2.45, 2.75) is 38.6 Å². The molecule has 0 radical (unpaired) electrons. The summed E-state index contributed by atoms with van der Waals surface area (Å²) in [7, 11) is 5.40. The smallest absolute Gasteiger partial charge is 0.295 e. The van der Waals surface area contributed by atoms with Crippen molar-refractivity contribution in [1.29, 1.82) is 0 Å². The predicted octanol–water partition coefficient (Wildman–Crippen LogP) is 4.51. The highest BCUT2D eigenvalue weighted by atomic mass is 19.1.